The van der Waals surface area contributed by atoms with Gasteiger partial charge in [-0.05, 0) is 72.0 Å². The van der Waals surface area contributed by atoms with Gasteiger partial charge in [0.25, 0.3) is 0 Å². The Kier molecular flexibility index (Phi) is 7.84. The van der Waals surface area contributed by atoms with E-state index in [4.69, 9.17) is 17.3 Å². The van der Waals surface area contributed by atoms with Crippen molar-refractivity contribution < 1.29 is 4.79 Å². The van der Waals surface area contributed by atoms with Crippen LogP contribution in [0.2, 0.25) is 5.02 Å². The highest BCUT2D eigenvalue weighted by molar-refractivity contribution is 14.1. The van der Waals surface area contributed by atoms with Crippen molar-refractivity contribution >= 4 is 45.8 Å². The van der Waals surface area contributed by atoms with E-state index in [1.807, 2.05) is 18.2 Å². The van der Waals surface area contributed by atoms with Crippen molar-refractivity contribution in [1.82, 2.24) is 0 Å². The summed E-state index contributed by atoms with van der Waals surface area (Å²) >= 11 is 8.29. The number of benzene rings is 1. The van der Waals surface area contributed by atoms with Crippen LogP contribution in [0.1, 0.15) is 33.1 Å². The number of carbonyl (C=O) groups excluding carboxylic acids is 1. The van der Waals surface area contributed by atoms with Crippen LogP contribution in [0.5, 0.6) is 0 Å². The highest BCUT2D eigenvalue weighted by Gasteiger charge is 2.15. The van der Waals surface area contributed by atoms with Crippen molar-refractivity contribution in [3.05, 3.63) is 26.8 Å². The van der Waals surface area contributed by atoms with E-state index in [1.165, 1.54) is 0 Å². The van der Waals surface area contributed by atoms with E-state index in [9.17, 15) is 4.79 Å². The molecule has 112 valence electrons. The number of amides is 1. The van der Waals surface area contributed by atoms with Gasteiger partial charge in [-0.1, -0.05) is 25.4 Å². The molecule has 20 heavy (non-hydrogen) atoms. The van der Waals surface area contributed by atoms with Crippen molar-refractivity contribution in [2.45, 2.75) is 33.1 Å². The minimum atomic E-state index is 0.00998. The van der Waals surface area contributed by atoms with Crippen molar-refractivity contribution in [3.63, 3.8) is 0 Å². The average Bonchev–Trinajstić information content (AvgIpc) is 2.37. The number of nitrogens with one attached hydrogen (secondary N) is 1. The fraction of sp³-hybridized carbons (Fsp3) is 0.533. The molecule has 3 N–H and O–H groups in total. The van der Waals surface area contributed by atoms with Crippen LogP contribution in [-0.4, -0.2) is 12.5 Å². The Balaban J connectivity index is 2.51. The molecule has 1 unspecified atom stereocenters. The maximum absolute atomic E-state index is 12.0. The number of carbonyl (C=O) groups is 1. The maximum Gasteiger partial charge on any atom is 0.224 e. The van der Waals surface area contributed by atoms with Crippen molar-refractivity contribution in [3.8, 4) is 0 Å². The zero-order chi connectivity index (χ0) is 15.1. The number of hydrogen-bond acceptors (Lipinski definition) is 2. The predicted octanol–water partition coefficient (Wildman–Crippen LogP) is 4.28. The largest absolute Gasteiger partial charge is 0.330 e. The average molecular weight is 409 g/mol. The summed E-state index contributed by atoms with van der Waals surface area (Å²) in [6.07, 6.45) is 2.34. The molecule has 1 aromatic carbocycles. The summed E-state index contributed by atoms with van der Waals surface area (Å²) in [5, 5.41) is 3.44. The SMILES string of the molecule is CC(C)C(CCN)CCC(=O)Nc1ccc(I)cc1Cl. The lowest BCUT2D eigenvalue weighted by atomic mass is 9.88. The molecule has 1 aromatic rings. The minimum absolute atomic E-state index is 0.00998. The number of nitrogens with two attached hydrogens (primary N) is 1. The van der Waals surface area contributed by atoms with Gasteiger partial charge in [0.15, 0.2) is 0 Å². The minimum Gasteiger partial charge on any atom is -0.330 e. The van der Waals surface area contributed by atoms with Gasteiger partial charge in [-0.2, -0.15) is 0 Å². The van der Waals surface area contributed by atoms with Gasteiger partial charge in [0, 0.05) is 9.99 Å². The summed E-state index contributed by atoms with van der Waals surface area (Å²) in [6, 6.07) is 5.60. The molecule has 0 fully saturated rings. The molecule has 0 aliphatic rings. The van der Waals surface area contributed by atoms with E-state index in [0.29, 0.717) is 35.5 Å². The Hall–Kier alpha value is -0.330. The maximum atomic E-state index is 12.0. The molecular formula is C15H22ClIN2O. The van der Waals surface area contributed by atoms with Crippen LogP contribution in [0, 0.1) is 15.4 Å². The standard InChI is InChI=1S/C15H22ClIN2O/c1-10(2)11(7-8-18)3-6-15(20)19-14-5-4-12(17)9-13(14)16/h4-5,9-11H,3,6-8,18H2,1-2H3,(H,19,20). The lowest BCUT2D eigenvalue weighted by molar-refractivity contribution is -0.116. The monoisotopic (exact) mass is 408 g/mol. The van der Waals surface area contributed by atoms with Crippen molar-refractivity contribution in [2.24, 2.45) is 17.6 Å². The Morgan fingerprint density at radius 1 is 1.40 bits per heavy atom. The van der Waals surface area contributed by atoms with Gasteiger partial charge in [0.2, 0.25) is 5.91 Å². The number of halogens is 2. The van der Waals surface area contributed by atoms with Gasteiger partial charge in [0.1, 0.15) is 0 Å². The summed E-state index contributed by atoms with van der Waals surface area (Å²) in [5.41, 5.74) is 6.29. The summed E-state index contributed by atoms with van der Waals surface area (Å²) in [4.78, 5) is 12.0. The zero-order valence-electron chi connectivity index (χ0n) is 12.0. The molecule has 0 aliphatic carbocycles. The molecule has 3 nitrogen and oxygen atoms in total. The Morgan fingerprint density at radius 3 is 2.65 bits per heavy atom. The first kappa shape index (κ1) is 17.7. The first-order chi connectivity index (χ1) is 9.43. The third kappa shape index (κ3) is 5.97. The van der Waals surface area contributed by atoms with Crippen LogP contribution in [0.15, 0.2) is 18.2 Å². The molecule has 1 atom stereocenters. The summed E-state index contributed by atoms with van der Waals surface area (Å²) in [6.45, 7) is 5.02. The lowest BCUT2D eigenvalue weighted by Gasteiger charge is -2.19. The van der Waals surface area contributed by atoms with Crippen LogP contribution in [-0.2, 0) is 4.79 Å². The van der Waals surface area contributed by atoms with Gasteiger partial charge in [-0.3, -0.25) is 4.79 Å². The van der Waals surface area contributed by atoms with Crippen molar-refractivity contribution in [1.29, 1.82) is 0 Å². The molecule has 0 spiro atoms. The third-order valence-corrected chi connectivity index (χ3v) is 4.41. The number of rotatable bonds is 7. The second-order valence-corrected chi connectivity index (χ2v) is 6.95. The second-order valence-electron chi connectivity index (χ2n) is 5.29. The summed E-state index contributed by atoms with van der Waals surface area (Å²) in [7, 11) is 0. The lowest BCUT2D eigenvalue weighted by Crippen LogP contribution is -2.18. The molecule has 0 bridgehead atoms. The van der Waals surface area contributed by atoms with Gasteiger partial charge >= 0.3 is 0 Å². The molecule has 5 heteroatoms. The summed E-state index contributed by atoms with van der Waals surface area (Å²) in [5.74, 6) is 1.06. The molecule has 0 heterocycles. The van der Waals surface area contributed by atoms with E-state index in [-0.39, 0.29) is 5.91 Å². The van der Waals surface area contributed by atoms with Gasteiger partial charge in [0.05, 0.1) is 10.7 Å². The Labute approximate surface area is 139 Å². The fourth-order valence-corrected chi connectivity index (χ4v) is 3.05. The van der Waals surface area contributed by atoms with E-state index in [0.717, 1.165) is 16.4 Å². The van der Waals surface area contributed by atoms with E-state index in [2.05, 4.69) is 41.8 Å². The molecule has 0 aromatic heterocycles. The third-order valence-electron chi connectivity index (χ3n) is 3.43. The van der Waals surface area contributed by atoms with Crippen LogP contribution < -0.4 is 11.1 Å². The quantitative estimate of drug-likeness (QED) is 0.662. The first-order valence-electron chi connectivity index (χ1n) is 6.89. The fourth-order valence-electron chi connectivity index (χ4n) is 2.15. The second kappa shape index (κ2) is 8.85. The highest BCUT2D eigenvalue weighted by atomic mass is 127. The van der Waals surface area contributed by atoms with E-state index >= 15 is 0 Å². The first-order valence-corrected chi connectivity index (χ1v) is 8.34. The molecule has 0 radical (unpaired) electrons. The van der Waals surface area contributed by atoms with E-state index < -0.39 is 0 Å². The predicted molar refractivity (Wildman–Crippen MR) is 94.0 cm³/mol. The molecule has 1 amide bonds. The molecule has 0 saturated carbocycles. The smallest absolute Gasteiger partial charge is 0.224 e. The van der Waals surface area contributed by atoms with Gasteiger partial charge in [-0.15, -0.1) is 0 Å². The van der Waals surface area contributed by atoms with Crippen LogP contribution in [0.3, 0.4) is 0 Å². The number of anilines is 1. The topological polar surface area (TPSA) is 55.1 Å². The highest BCUT2D eigenvalue weighted by Crippen LogP contribution is 2.25. The number of hydrogen-bond donors (Lipinski definition) is 2. The molecule has 1 rings (SSSR count). The van der Waals surface area contributed by atoms with Crippen LogP contribution in [0.25, 0.3) is 0 Å². The zero-order valence-corrected chi connectivity index (χ0v) is 14.9. The Bertz CT molecular complexity index is 451. The van der Waals surface area contributed by atoms with Crippen LogP contribution in [0.4, 0.5) is 5.69 Å². The molecule has 0 aliphatic heterocycles. The van der Waals surface area contributed by atoms with Crippen LogP contribution >= 0.6 is 34.2 Å². The van der Waals surface area contributed by atoms with Crippen molar-refractivity contribution in [2.75, 3.05) is 11.9 Å². The molecule has 0 saturated heterocycles. The van der Waals surface area contributed by atoms with Gasteiger partial charge < -0.3 is 11.1 Å². The normalized spacial score (nSPS) is 12.5. The van der Waals surface area contributed by atoms with Gasteiger partial charge in [-0.25, -0.2) is 0 Å². The molecular weight excluding hydrogens is 387 g/mol. The van der Waals surface area contributed by atoms with E-state index in [1.54, 1.807) is 0 Å². The Morgan fingerprint density at radius 2 is 2.10 bits per heavy atom. The summed E-state index contributed by atoms with van der Waals surface area (Å²) < 4.78 is 1.05.